The van der Waals surface area contributed by atoms with Crippen LogP contribution in [0.2, 0.25) is 0 Å². The Morgan fingerprint density at radius 3 is 2.79 bits per heavy atom. The lowest BCUT2D eigenvalue weighted by Crippen LogP contribution is -2.36. The van der Waals surface area contributed by atoms with Crippen LogP contribution in [-0.4, -0.2) is 47.5 Å². The largest absolute Gasteiger partial charge is 0.480 e. The molecular weight excluding hydrogens is 272 g/mol. The molecular formula is C11H14N2O5S. The van der Waals surface area contributed by atoms with Gasteiger partial charge in [0.25, 0.3) is 5.91 Å². The molecule has 0 bridgehead atoms. The summed E-state index contributed by atoms with van der Waals surface area (Å²) < 4.78 is 23.9. The van der Waals surface area contributed by atoms with Crippen molar-refractivity contribution in [2.24, 2.45) is 0 Å². The summed E-state index contributed by atoms with van der Waals surface area (Å²) in [4.78, 5) is 22.6. The Balaban J connectivity index is 2.05. The molecule has 1 unspecified atom stereocenters. The normalized spacial score (nSPS) is 21.2. The molecule has 1 amide bonds. The Hall–Kier alpha value is -1.83. The van der Waals surface area contributed by atoms with Gasteiger partial charge >= 0.3 is 5.97 Å². The maximum atomic E-state index is 12.0. The number of carboxylic acids is 1. The summed E-state index contributed by atoms with van der Waals surface area (Å²) in [5, 5.41) is 11.3. The zero-order valence-corrected chi connectivity index (χ0v) is 10.9. The van der Waals surface area contributed by atoms with E-state index in [0.29, 0.717) is 6.42 Å². The number of nitrogens with one attached hydrogen (secondary N) is 1. The summed E-state index contributed by atoms with van der Waals surface area (Å²) in [5.74, 6) is -1.48. The third kappa shape index (κ3) is 3.34. The number of aliphatic carboxylic acids is 1. The van der Waals surface area contributed by atoms with E-state index in [9.17, 15) is 18.0 Å². The first-order valence-electron chi connectivity index (χ1n) is 5.75. The second-order valence-electron chi connectivity index (χ2n) is 4.49. The molecule has 1 atom stereocenters. The quantitative estimate of drug-likeness (QED) is 0.775. The van der Waals surface area contributed by atoms with Gasteiger partial charge in [0.15, 0.2) is 9.84 Å². The molecule has 2 rings (SSSR count). The van der Waals surface area contributed by atoms with Crippen molar-refractivity contribution in [1.82, 2.24) is 9.88 Å². The predicted octanol–water partition coefficient (Wildman–Crippen LogP) is -0.510. The first-order chi connectivity index (χ1) is 8.87. The molecule has 0 radical (unpaired) electrons. The van der Waals surface area contributed by atoms with Crippen molar-refractivity contribution in [3.63, 3.8) is 0 Å². The van der Waals surface area contributed by atoms with Gasteiger partial charge in [0.2, 0.25) is 0 Å². The topological polar surface area (TPSA) is 105 Å². The van der Waals surface area contributed by atoms with Crippen LogP contribution in [0.4, 0.5) is 0 Å². The third-order valence-electron chi connectivity index (χ3n) is 2.94. The summed E-state index contributed by atoms with van der Waals surface area (Å²) in [6.45, 7) is -0.307. The van der Waals surface area contributed by atoms with Crippen LogP contribution in [0, 0.1) is 0 Å². The van der Waals surface area contributed by atoms with E-state index >= 15 is 0 Å². The van der Waals surface area contributed by atoms with E-state index in [4.69, 9.17) is 5.11 Å². The van der Waals surface area contributed by atoms with E-state index in [2.05, 4.69) is 5.32 Å². The van der Waals surface area contributed by atoms with E-state index in [1.807, 2.05) is 0 Å². The molecule has 0 aliphatic carbocycles. The van der Waals surface area contributed by atoms with Gasteiger partial charge in [-0.3, -0.25) is 9.59 Å². The minimum Gasteiger partial charge on any atom is -0.480 e. The van der Waals surface area contributed by atoms with E-state index in [0.717, 1.165) is 0 Å². The minimum absolute atomic E-state index is 0.0572. The predicted molar refractivity (Wildman–Crippen MR) is 66.6 cm³/mol. The second kappa shape index (κ2) is 5.04. The molecule has 0 aromatic carbocycles. The summed E-state index contributed by atoms with van der Waals surface area (Å²) in [5.41, 5.74) is 0.215. The fraction of sp³-hybridized carbons (Fsp3) is 0.455. The van der Waals surface area contributed by atoms with E-state index in [1.54, 1.807) is 6.07 Å². The highest BCUT2D eigenvalue weighted by molar-refractivity contribution is 7.91. The number of carbonyl (C=O) groups is 2. The van der Waals surface area contributed by atoms with Gasteiger partial charge in [0, 0.05) is 12.2 Å². The second-order valence-corrected chi connectivity index (χ2v) is 6.72. The lowest BCUT2D eigenvalue weighted by Gasteiger charge is -2.12. The Morgan fingerprint density at radius 2 is 2.21 bits per heavy atom. The summed E-state index contributed by atoms with van der Waals surface area (Å²) in [6.07, 6.45) is 1.89. The zero-order chi connectivity index (χ0) is 14.0. The molecule has 19 heavy (non-hydrogen) atoms. The maximum absolute atomic E-state index is 12.0. The van der Waals surface area contributed by atoms with Crippen LogP contribution < -0.4 is 5.32 Å². The number of carboxylic acid groups (broad SMARTS) is 1. The Bertz CT molecular complexity index is 604. The maximum Gasteiger partial charge on any atom is 0.323 e. The fourth-order valence-electron chi connectivity index (χ4n) is 2.07. The molecule has 0 spiro atoms. The number of nitrogens with zero attached hydrogens (tertiary/aromatic N) is 1. The van der Waals surface area contributed by atoms with E-state index < -0.39 is 27.8 Å². The average molecular weight is 286 g/mol. The minimum atomic E-state index is -3.05. The van der Waals surface area contributed by atoms with E-state index in [-0.39, 0.29) is 23.7 Å². The number of carbonyl (C=O) groups excluding carboxylic acids is 1. The van der Waals surface area contributed by atoms with Crippen molar-refractivity contribution >= 4 is 21.7 Å². The molecule has 8 heteroatoms. The number of hydrogen-bond donors (Lipinski definition) is 2. The zero-order valence-electron chi connectivity index (χ0n) is 10.1. The molecule has 1 aromatic rings. The van der Waals surface area contributed by atoms with E-state index in [1.165, 1.54) is 16.8 Å². The highest BCUT2D eigenvalue weighted by atomic mass is 32.2. The van der Waals surface area contributed by atoms with Gasteiger partial charge in [-0.25, -0.2) is 8.42 Å². The van der Waals surface area contributed by atoms with Gasteiger partial charge in [-0.2, -0.15) is 0 Å². The SMILES string of the molecule is O=C(O)Cn1cccc1C(=O)NC1CCS(=O)(=O)C1. The molecule has 1 saturated heterocycles. The number of rotatable bonds is 4. The van der Waals surface area contributed by atoms with Crippen molar-refractivity contribution in [2.75, 3.05) is 11.5 Å². The number of aromatic nitrogens is 1. The van der Waals surface area contributed by atoms with Crippen LogP contribution in [0.25, 0.3) is 0 Å². The van der Waals surface area contributed by atoms with Crippen molar-refractivity contribution in [3.8, 4) is 0 Å². The summed E-state index contributed by atoms with van der Waals surface area (Å²) in [7, 11) is -3.05. The Kier molecular flexibility index (Phi) is 3.61. The van der Waals surface area contributed by atoms with Crippen LogP contribution in [0.1, 0.15) is 16.9 Å². The molecule has 1 aromatic heterocycles. The monoisotopic (exact) mass is 286 g/mol. The van der Waals surface area contributed by atoms with Gasteiger partial charge in [0.1, 0.15) is 12.2 Å². The third-order valence-corrected chi connectivity index (χ3v) is 4.70. The number of amides is 1. The van der Waals surface area contributed by atoms with Gasteiger partial charge in [-0.05, 0) is 18.6 Å². The highest BCUT2D eigenvalue weighted by Gasteiger charge is 2.29. The molecule has 0 saturated carbocycles. The van der Waals surface area contributed by atoms with Crippen LogP contribution in [0.3, 0.4) is 0 Å². The van der Waals surface area contributed by atoms with Crippen LogP contribution >= 0.6 is 0 Å². The molecule has 1 aliphatic heterocycles. The van der Waals surface area contributed by atoms with Crippen LogP contribution in [0.5, 0.6) is 0 Å². The molecule has 1 aliphatic rings. The van der Waals surface area contributed by atoms with Gasteiger partial charge in [-0.15, -0.1) is 0 Å². The lowest BCUT2D eigenvalue weighted by atomic mass is 10.2. The number of hydrogen-bond acceptors (Lipinski definition) is 4. The van der Waals surface area contributed by atoms with Crippen molar-refractivity contribution in [1.29, 1.82) is 0 Å². The number of sulfone groups is 1. The van der Waals surface area contributed by atoms with Gasteiger partial charge < -0.3 is 15.0 Å². The fourth-order valence-corrected chi connectivity index (χ4v) is 3.75. The van der Waals surface area contributed by atoms with Crippen molar-refractivity contribution in [3.05, 3.63) is 24.0 Å². The molecule has 1 fully saturated rings. The first kappa shape index (κ1) is 13.6. The van der Waals surface area contributed by atoms with Crippen molar-refractivity contribution < 1.29 is 23.1 Å². The van der Waals surface area contributed by atoms with Crippen molar-refractivity contribution in [2.45, 2.75) is 19.0 Å². The van der Waals surface area contributed by atoms with Gasteiger partial charge in [-0.1, -0.05) is 0 Å². The lowest BCUT2D eigenvalue weighted by molar-refractivity contribution is -0.137. The van der Waals surface area contributed by atoms with Crippen LogP contribution in [-0.2, 0) is 21.2 Å². The smallest absolute Gasteiger partial charge is 0.323 e. The Labute approximate surface area is 110 Å². The molecule has 104 valence electrons. The summed E-state index contributed by atoms with van der Waals surface area (Å²) in [6, 6.07) is 2.68. The summed E-state index contributed by atoms with van der Waals surface area (Å²) >= 11 is 0. The average Bonchev–Trinajstić information content (AvgIpc) is 2.84. The van der Waals surface area contributed by atoms with Crippen LogP contribution in [0.15, 0.2) is 18.3 Å². The molecule has 7 nitrogen and oxygen atoms in total. The molecule has 2 N–H and O–H groups in total. The first-order valence-corrected chi connectivity index (χ1v) is 7.58. The highest BCUT2D eigenvalue weighted by Crippen LogP contribution is 2.12. The van der Waals surface area contributed by atoms with Gasteiger partial charge in [0.05, 0.1) is 11.5 Å². The standard InChI is InChI=1S/C11H14N2O5S/c14-10(15)6-13-4-1-2-9(13)11(16)12-8-3-5-19(17,18)7-8/h1-2,4,8H,3,5-7H2,(H,12,16)(H,14,15). The Morgan fingerprint density at radius 1 is 1.47 bits per heavy atom. The molecule has 2 heterocycles.